The van der Waals surface area contributed by atoms with Crippen molar-refractivity contribution in [3.8, 4) is 6.07 Å². The number of carbonyl (C=O) groups is 1. The summed E-state index contributed by atoms with van der Waals surface area (Å²) in [5.41, 5.74) is 1.54. The number of amides is 1. The van der Waals surface area contributed by atoms with Crippen molar-refractivity contribution in [2.45, 2.75) is 36.2 Å². The lowest BCUT2D eigenvalue weighted by atomic mass is 10.1. The Kier molecular flexibility index (Phi) is 5.50. The highest BCUT2D eigenvalue weighted by molar-refractivity contribution is 8.00. The van der Waals surface area contributed by atoms with Crippen LogP contribution in [0.25, 0.3) is 0 Å². The summed E-state index contributed by atoms with van der Waals surface area (Å²) in [5, 5.41) is 12.1. The second-order valence-corrected chi connectivity index (χ2v) is 7.27. The molecule has 1 aromatic heterocycles. The van der Waals surface area contributed by atoms with E-state index in [2.05, 4.69) is 16.4 Å². The van der Waals surface area contributed by atoms with Gasteiger partial charge in [-0.3, -0.25) is 4.79 Å². The summed E-state index contributed by atoms with van der Waals surface area (Å²) in [7, 11) is 0. The lowest BCUT2D eigenvalue weighted by Gasteiger charge is -2.20. The zero-order chi connectivity index (χ0) is 16.8. The molecule has 1 fully saturated rings. The van der Waals surface area contributed by atoms with E-state index in [4.69, 9.17) is 5.26 Å². The average molecular weight is 337 g/mol. The zero-order valence-electron chi connectivity index (χ0n) is 13.3. The normalized spacial score (nSPS) is 15.6. The molecule has 122 valence electrons. The van der Waals surface area contributed by atoms with Gasteiger partial charge in [0.1, 0.15) is 11.1 Å². The van der Waals surface area contributed by atoms with Gasteiger partial charge in [-0.15, -0.1) is 11.8 Å². The molecule has 1 aliphatic rings. The van der Waals surface area contributed by atoms with Crippen LogP contribution in [0.15, 0.2) is 48.7 Å². The highest BCUT2D eigenvalue weighted by Crippen LogP contribution is 2.40. The highest BCUT2D eigenvalue weighted by Gasteiger charge is 2.27. The Morgan fingerprint density at radius 2 is 1.96 bits per heavy atom. The van der Waals surface area contributed by atoms with Crippen molar-refractivity contribution in [2.24, 2.45) is 0 Å². The molecule has 5 heteroatoms. The number of hydrogen-bond donors (Lipinski definition) is 1. The zero-order valence-corrected chi connectivity index (χ0v) is 14.1. The van der Waals surface area contributed by atoms with Gasteiger partial charge in [0.05, 0.1) is 11.6 Å². The minimum atomic E-state index is -0.289. The van der Waals surface area contributed by atoms with Crippen LogP contribution < -0.4 is 5.32 Å². The number of carbonyl (C=O) groups excluding carboxylic acids is 1. The van der Waals surface area contributed by atoms with Crippen molar-refractivity contribution < 1.29 is 4.79 Å². The van der Waals surface area contributed by atoms with E-state index in [1.807, 2.05) is 24.3 Å². The lowest BCUT2D eigenvalue weighted by Crippen LogP contribution is -2.21. The Bertz CT molecular complexity index is 719. The number of hydrogen-bond acceptors (Lipinski definition) is 4. The van der Waals surface area contributed by atoms with Crippen molar-refractivity contribution in [3.63, 3.8) is 0 Å². The van der Waals surface area contributed by atoms with Gasteiger partial charge in [0.25, 0.3) is 0 Å². The van der Waals surface area contributed by atoms with Crippen LogP contribution in [-0.2, 0) is 4.79 Å². The van der Waals surface area contributed by atoms with E-state index in [9.17, 15) is 4.79 Å². The molecule has 0 spiro atoms. The molecule has 1 aromatic carbocycles. The first-order valence-electron chi connectivity index (χ1n) is 8.13. The number of rotatable bonds is 5. The number of pyridine rings is 1. The molecule has 1 N–H and O–H groups in total. The number of nitriles is 1. The predicted octanol–water partition coefficient (Wildman–Crippen LogP) is 4.31. The van der Waals surface area contributed by atoms with E-state index in [-0.39, 0.29) is 11.2 Å². The van der Waals surface area contributed by atoms with Gasteiger partial charge in [-0.2, -0.15) is 5.26 Å². The van der Waals surface area contributed by atoms with Gasteiger partial charge < -0.3 is 5.32 Å². The minimum absolute atomic E-state index is 0.0599. The molecule has 1 amide bonds. The van der Waals surface area contributed by atoms with Crippen molar-refractivity contribution in [2.75, 3.05) is 5.32 Å². The van der Waals surface area contributed by atoms with Gasteiger partial charge in [-0.1, -0.05) is 31.0 Å². The smallest absolute Gasteiger partial charge is 0.243 e. The molecule has 0 bridgehead atoms. The Morgan fingerprint density at radius 3 is 2.58 bits per heavy atom. The van der Waals surface area contributed by atoms with E-state index < -0.39 is 0 Å². The highest BCUT2D eigenvalue weighted by atomic mass is 32.2. The first-order chi connectivity index (χ1) is 11.8. The summed E-state index contributed by atoms with van der Waals surface area (Å²) in [5.74, 6) is 0.503. The maximum atomic E-state index is 12.8. The molecule has 0 radical (unpaired) electrons. The largest absolute Gasteiger partial charge is 0.309 e. The van der Waals surface area contributed by atoms with Crippen LogP contribution in [0.3, 0.4) is 0 Å². The lowest BCUT2D eigenvalue weighted by molar-refractivity contribution is -0.115. The molecule has 0 saturated heterocycles. The summed E-state index contributed by atoms with van der Waals surface area (Å²) < 4.78 is 0. The molecule has 1 unspecified atom stereocenters. The van der Waals surface area contributed by atoms with Crippen LogP contribution in [0.2, 0.25) is 0 Å². The van der Waals surface area contributed by atoms with E-state index >= 15 is 0 Å². The fourth-order valence-corrected chi connectivity index (χ4v) is 4.36. The van der Waals surface area contributed by atoms with Gasteiger partial charge in [-0.05, 0) is 42.7 Å². The number of thioether (sulfide) groups is 1. The van der Waals surface area contributed by atoms with Gasteiger partial charge >= 0.3 is 0 Å². The SMILES string of the molecule is N#Cc1ccc(C(SC2CCCC2)C(=O)Nc2ccccn2)cc1. The van der Waals surface area contributed by atoms with Crippen LogP contribution in [-0.4, -0.2) is 16.1 Å². The molecule has 3 rings (SSSR count). The standard InChI is InChI=1S/C19H19N3OS/c20-13-14-8-10-15(11-9-14)18(24-16-5-1-2-6-16)19(23)22-17-7-3-4-12-21-17/h3-4,7-12,16,18H,1-2,5-6H2,(H,21,22,23). The van der Waals surface area contributed by atoms with E-state index in [1.54, 1.807) is 36.2 Å². The topological polar surface area (TPSA) is 65.8 Å². The molecular weight excluding hydrogens is 318 g/mol. The Labute approximate surface area is 146 Å². The van der Waals surface area contributed by atoms with Crippen molar-refractivity contribution >= 4 is 23.5 Å². The van der Waals surface area contributed by atoms with Gasteiger partial charge in [0.2, 0.25) is 5.91 Å². The van der Waals surface area contributed by atoms with Crippen LogP contribution in [0, 0.1) is 11.3 Å². The van der Waals surface area contributed by atoms with Crippen LogP contribution in [0.4, 0.5) is 5.82 Å². The van der Waals surface area contributed by atoms with Crippen LogP contribution in [0.5, 0.6) is 0 Å². The first-order valence-corrected chi connectivity index (χ1v) is 9.08. The quantitative estimate of drug-likeness (QED) is 0.883. The molecule has 4 nitrogen and oxygen atoms in total. The van der Waals surface area contributed by atoms with E-state index in [0.717, 1.165) is 18.4 Å². The predicted molar refractivity (Wildman–Crippen MR) is 96.6 cm³/mol. The molecule has 1 aliphatic carbocycles. The molecule has 24 heavy (non-hydrogen) atoms. The van der Waals surface area contributed by atoms with Crippen LogP contribution in [0.1, 0.15) is 42.1 Å². The number of benzene rings is 1. The molecule has 1 saturated carbocycles. The molecule has 2 aromatic rings. The summed E-state index contributed by atoms with van der Waals surface area (Å²) in [6.07, 6.45) is 6.46. The fourth-order valence-electron chi connectivity index (χ4n) is 2.87. The van der Waals surface area contributed by atoms with Crippen molar-refractivity contribution in [1.82, 2.24) is 4.98 Å². The third-order valence-electron chi connectivity index (χ3n) is 4.13. The number of aromatic nitrogens is 1. The third kappa shape index (κ3) is 4.15. The average Bonchev–Trinajstić information content (AvgIpc) is 3.14. The number of nitrogens with one attached hydrogen (secondary N) is 1. The second-order valence-electron chi connectivity index (χ2n) is 5.86. The van der Waals surface area contributed by atoms with Crippen LogP contribution >= 0.6 is 11.8 Å². The van der Waals surface area contributed by atoms with Crippen molar-refractivity contribution in [1.29, 1.82) is 5.26 Å². The fraction of sp³-hybridized carbons (Fsp3) is 0.316. The Hall–Kier alpha value is -2.32. The Morgan fingerprint density at radius 1 is 1.21 bits per heavy atom. The van der Waals surface area contributed by atoms with E-state index in [0.29, 0.717) is 16.6 Å². The maximum Gasteiger partial charge on any atom is 0.243 e. The summed E-state index contributed by atoms with van der Waals surface area (Å²) in [4.78, 5) is 17.0. The van der Waals surface area contributed by atoms with Gasteiger partial charge in [0, 0.05) is 11.4 Å². The molecule has 1 heterocycles. The second kappa shape index (κ2) is 7.98. The number of nitrogens with zero attached hydrogens (tertiary/aromatic N) is 2. The number of anilines is 1. The molecule has 1 atom stereocenters. The summed E-state index contributed by atoms with van der Waals surface area (Å²) in [6.45, 7) is 0. The third-order valence-corrected chi connectivity index (χ3v) is 5.74. The Balaban J connectivity index is 1.80. The first kappa shape index (κ1) is 16.5. The van der Waals surface area contributed by atoms with Gasteiger partial charge in [0.15, 0.2) is 0 Å². The molecular formula is C19H19N3OS. The van der Waals surface area contributed by atoms with E-state index in [1.165, 1.54) is 12.8 Å². The summed E-state index contributed by atoms with van der Waals surface area (Å²) >= 11 is 1.72. The van der Waals surface area contributed by atoms with Crippen molar-refractivity contribution in [3.05, 3.63) is 59.8 Å². The molecule has 0 aliphatic heterocycles. The minimum Gasteiger partial charge on any atom is -0.309 e. The monoisotopic (exact) mass is 337 g/mol. The maximum absolute atomic E-state index is 12.8. The van der Waals surface area contributed by atoms with Gasteiger partial charge in [-0.25, -0.2) is 4.98 Å². The summed E-state index contributed by atoms with van der Waals surface area (Å²) in [6, 6.07) is 14.9.